The first kappa shape index (κ1) is 13.5. The van der Waals surface area contributed by atoms with Crippen molar-refractivity contribution in [2.45, 2.75) is 37.6 Å². The molecule has 0 unspecified atom stereocenters. The predicted octanol–water partition coefficient (Wildman–Crippen LogP) is 3.51. The quantitative estimate of drug-likeness (QED) is 0.854. The van der Waals surface area contributed by atoms with Gasteiger partial charge in [0.2, 0.25) is 0 Å². The molecule has 1 aliphatic heterocycles. The van der Waals surface area contributed by atoms with Gasteiger partial charge in [-0.25, -0.2) is 0 Å². The molecule has 4 atom stereocenters. The molecule has 1 N–H and O–H groups in total. The van der Waals surface area contributed by atoms with E-state index in [9.17, 15) is 0 Å². The third kappa shape index (κ3) is 2.56. The average molecular weight is 283 g/mol. The Hall–Kier alpha value is -1.12. The van der Waals surface area contributed by atoms with Crippen molar-refractivity contribution in [2.75, 3.05) is 19.8 Å². The zero-order valence-electron chi connectivity index (χ0n) is 12.6. The van der Waals surface area contributed by atoms with Crippen molar-refractivity contribution in [1.29, 1.82) is 0 Å². The molecule has 2 nitrogen and oxygen atoms in total. The van der Waals surface area contributed by atoms with Crippen LogP contribution in [-0.4, -0.2) is 25.8 Å². The lowest BCUT2D eigenvalue weighted by molar-refractivity contribution is 0.0946. The van der Waals surface area contributed by atoms with Gasteiger partial charge < -0.3 is 10.1 Å². The molecule has 0 aromatic heterocycles. The Kier molecular flexibility index (Phi) is 3.83. The molecule has 3 aliphatic rings. The normalized spacial score (nSPS) is 35.0. The summed E-state index contributed by atoms with van der Waals surface area (Å²) >= 11 is 0. The molecule has 4 rings (SSSR count). The Morgan fingerprint density at radius 2 is 1.95 bits per heavy atom. The number of benzene rings is 1. The Bertz CT molecular complexity index is 510. The highest BCUT2D eigenvalue weighted by Gasteiger charge is 2.52. The van der Waals surface area contributed by atoms with Crippen LogP contribution in [0.2, 0.25) is 0 Å². The Morgan fingerprint density at radius 1 is 1.10 bits per heavy atom. The summed E-state index contributed by atoms with van der Waals surface area (Å²) in [6, 6.07) is 11.8. The minimum Gasteiger partial charge on any atom is -0.377 e. The molecule has 2 aliphatic carbocycles. The second-order valence-electron chi connectivity index (χ2n) is 6.81. The van der Waals surface area contributed by atoms with Gasteiger partial charge in [-0.05, 0) is 42.2 Å². The van der Waals surface area contributed by atoms with Crippen LogP contribution in [0.15, 0.2) is 42.0 Å². The number of hydrogen-bond acceptors (Lipinski definition) is 2. The van der Waals surface area contributed by atoms with Crippen molar-refractivity contribution in [3.63, 3.8) is 0 Å². The highest BCUT2D eigenvalue weighted by atomic mass is 16.5. The first-order valence-corrected chi connectivity index (χ1v) is 8.47. The molecule has 1 aromatic rings. The van der Waals surface area contributed by atoms with Crippen molar-refractivity contribution in [3.8, 4) is 0 Å². The number of nitrogens with one attached hydrogen (secondary N) is 1. The summed E-state index contributed by atoms with van der Waals surface area (Å²) in [5.41, 5.74) is 2.97. The van der Waals surface area contributed by atoms with E-state index in [1.807, 2.05) is 0 Å². The smallest absolute Gasteiger partial charge is 0.0689 e. The van der Waals surface area contributed by atoms with Gasteiger partial charge in [-0.2, -0.15) is 0 Å². The van der Waals surface area contributed by atoms with Crippen molar-refractivity contribution >= 4 is 0 Å². The maximum Gasteiger partial charge on any atom is 0.0689 e. The van der Waals surface area contributed by atoms with Gasteiger partial charge in [-0.3, -0.25) is 0 Å². The fourth-order valence-corrected chi connectivity index (χ4v) is 4.69. The molecule has 0 bridgehead atoms. The van der Waals surface area contributed by atoms with Crippen LogP contribution in [0.25, 0.3) is 0 Å². The van der Waals surface area contributed by atoms with Gasteiger partial charge in [0.25, 0.3) is 0 Å². The minimum absolute atomic E-state index is 0.669. The van der Waals surface area contributed by atoms with Crippen molar-refractivity contribution in [3.05, 3.63) is 47.5 Å². The van der Waals surface area contributed by atoms with E-state index in [4.69, 9.17) is 4.74 Å². The van der Waals surface area contributed by atoms with Crippen LogP contribution in [0, 0.1) is 11.8 Å². The molecule has 0 spiro atoms. The number of rotatable bonds is 4. The molecule has 2 heteroatoms. The van der Waals surface area contributed by atoms with E-state index in [1.165, 1.54) is 30.4 Å². The lowest BCUT2D eigenvalue weighted by atomic mass is 9.60. The van der Waals surface area contributed by atoms with Crippen LogP contribution >= 0.6 is 0 Å². The van der Waals surface area contributed by atoms with E-state index in [0.29, 0.717) is 6.04 Å². The maximum absolute atomic E-state index is 5.56. The molecule has 0 amide bonds. The summed E-state index contributed by atoms with van der Waals surface area (Å²) in [6.45, 7) is 2.73. The number of ether oxygens (including phenoxy) is 1. The van der Waals surface area contributed by atoms with Gasteiger partial charge in [-0.1, -0.05) is 42.8 Å². The third-order valence-electron chi connectivity index (χ3n) is 5.67. The molecule has 112 valence electrons. The SMILES string of the molecule is C1=C(CN[C@@H]2[C@@H]3CCC[C@@H]3[C@H]2c2ccccc2)COCC1. The summed E-state index contributed by atoms with van der Waals surface area (Å²) in [5.74, 6) is 2.55. The van der Waals surface area contributed by atoms with Gasteiger partial charge in [0, 0.05) is 18.5 Å². The fourth-order valence-electron chi connectivity index (χ4n) is 4.69. The second-order valence-corrected chi connectivity index (χ2v) is 6.81. The van der Waals surface area contributed by atoms with Crippen molar-refractivity contribution in [2.24, 2.45) is 11.8 Å². The molecule has 21 heavy (non-hydrogen) atoms. The van der Waals surface area contributed by atoms with E-state index in [-0.39, 0.29) is 0 Å². The van der Waals surface area contributed by atoms with Crippen LogP contribution in [0.4, 0.5) is 0 Å². The highest BCUT2D eigenvalue weighted by molar-refractivity contribution is 5.28. The third-order valence-corrected chi connectivity index (χ3v) is 5.67. The van der Waals surface area contributed by atoms with Crippen LogP contribution in [0.5, 0.6) is 0 Å². The molecule has 0 radical (unpaired) electrons. The average Bonchev–Trinajstić information content (AvgIpc) is 2.94. The van der Waals surface area contributed by atoms with Gasteiger partial charge in [0.1, 0.15) is 0 Å². The van der Waals surface area contributed by atoms with E-state index in [0.717, 1.165) is 43.9 Å². The zero-order valence-corrected chi connectivity index (χ0v) is 12.6. The van der Waals surface area contributed by atoms with Crippen LogP contribution in [-0.2, 0) is 4.74 Å². The topological polar surface area (TPSA) is 21.3 Å². The van der Waals surface area contributed by atoms with E-state index in [2.05, 4.69) is 41.7 Å². The van der Waals surface area contributed by atoms with Gasteiger partial charge in [0.15, 0.2) is 0 Å². The molecular weight excluding hydrogens is 258 g/mol. The first-order valence-electron chi connectivity index (χ1n) is 8.47. The Morgan fingerprint density at radius 3 is 2.76 bits per heavy atom. The van der Waals surface area contributed by atoms with E-state index in [1.54, 1.807) is 0 Å². The monoisotopic (exact) mass is 283 g/mol. The molecule has 2 saturated carbocycles. The molecule has 2 fully saturated rings. The molecular formula is C19H25NO. The van der Waals surface area contributed by atoms with Gasteiger partial charge in [0.05, 0.1) is 13.2 Å². The molecule has 1 heterocycles. The Balaban J connectivity index is 1.46. The van der Waals surface area contributed by atoms with E-state index < -0.39 is 0 Å². The van der Waals surface area contributed by atoms with Crippen molar-refractivity contribution in [1.82, 2.24) is 5.32 Å². The minimum atomic E-state index is 0.669. The van der Waals surface area contributed by atoms with Crippen LogP contribution in [0.3, 0.4) is 0 Å². The number of hydrogen-bond donors (Lipinski definition) is 1. The molecule has 0 saturated heterocycles. The lowest BCUT2D eigenvalue weighted by Crippen LogP contribution is -2.55. The lowest BCUT2D eigenvalue weighted by Gasteiger charge is -2.50. The summed E-state index contributed by atoms with van der Waals surface area (Å²) < 4.78 is 5.56. The van der Waals surface area contributed by atoms with Crippen molar-refractivity contribution < 1.29 is 4.74 Å². The molecule has 1 aromatic carbocycles. The maximum atomic E-state index is 5.56. The largest absolute Gasteiger partial charge is 0.377 e. The summed E-state index contributed by atoms with van der Waals surface area (Å²) in [5, 5.41) is 3.86. The van der Waals surface area contributed by atoms with Gasteiger partial charge in [-0.15, -0.1) is 0 Å². The first-order chi connectivity index (χ1) is 10.4. The zero-order chi connectivity index (χ0) is 14.1. The number of fused-ring (bicyclic) bond motifs is 1. The highest BCUT2D eigenvalue weighted by Crippen LogP contribution is 2.55. The summed E-state index contributed by atoms with van der Waals surface area (Å²) in [6.07, 6.45) is 7.70. The van der Waals surface area contributed by atoms with E-state index >= 15 is 0 Å². The second kappa shape index (κ2) is 5.94. The summed E-state index contributed by atoms with van der Waals surface area (Å²) in [7, 11) is 0. The van der Waals surface area contributed by atoms with Gasteiger partial charge >= 0.3 is 0 Å². The Labute approximate surface area is 127 Å². The standard InChI is InChI=1S/C19H25NO/c1-2-7-15(8-3-1)18-16-9-4-10-17(16)19(18)20-12-14-6-5-11-21-13-14/h1-3,6-8,16-20H,4-5,9-13H2/t16-,17+,18+,19+/m0/s1. The van der Waals surface area contributed by atoms with Crippen LogP contribution in [0.1, 0.15) is 37.2 Å². The van der Waals surface area contributed by atoms with Crippen LogP contribution < -0.4 is 5.32 Å². The fraction of sp³-hybridized carbons (Fsp3) is 0.579. The predicted molar refractivity (Wildman–Crippen MR) is 85.3 cm³/mol. The summed E-state index contributed by atoms with van der Waals surface area (Å²) in [4.78, 5) is 0.